The highest BCUT2D eigenvalue weighted by molar-refractivity contribution is 6.30. The van der Waals surface area contributed by atoms with Crippen LogP contribution in [0, 0.1) is 0 Å². The van der Waals surface area contributed by atoms with Crippen LogP contribution in [0.2, 0.25) is 5.02 Å². The molecule has 1 N–H and O–H groups in total. The topological polar surface area (TPSA) is 41.6 Å². The molecular formula is C22H27ClN2O2. The highest BCUT2D eigenvalue weighted by atomic mass is 35.5. The number of likely N-dealkylation sites (N-methyl/N-ethyl adjacent to an activating group) is 1. The molecule has 1 aliphatic rings. The van der Waals surface area contributed by atoms with Gasteiger partial charge in [-0.05, 0) is 50.7 Å². The van der Waals surface area contributed by atoms with Crippen molar-refractivity contribution in [3.8, 4) is 5.75 Å². The molecule has 1 fully saturated rings. The van der Waals surface area contributed by atoms with Crippen LogP contribution in [0.15, 0.2) is 48.5 Å². The highest BCUT2D eigenvalue weighted by Crippen LogP contribution is 2.43. The smallest absolute Gasteiger partial charge is 0.255 e. The fraction of sp³-hybridized carbons (Fsp3) is 0.409. The van der Waals surface area contributed by atoms with Crippen LogP contribution in [0.1, 0.15) is 47.6 Å². The summed E-state index contributed by atoms with van der Waals surface area (Å²) in [5, 5.41) is 3.85. The first kappa shape index (κ1) is 19.7. The van der Waals surface area contributed by atoms with Crippen molar-refractivity contribution in [2.45, 2.75) is 37.3 Å². The zero-order valence-corrected chi connectivity index (χ0v) is 16.9. The van der Waals surface area contributed by atoms with E-state index in [1.807, 2.05) is 18.2 Å². The van der Waals surface area contributed by atoms with Crippen molar-refractivity contribution in [1.82, 2.24) is 10.2 Å². The standard InChI is InChI=1S/C22H27ClN2O2/c1-25(2)22(13-7-8-14-22)20(16-9-5-4-6-10-16)24-21(26)18-12-11-17(23)15-19(18)27-3/h4-6,9-12,15,20H,7-8,13-14H2,1-3H3,(H,24,26). The Morgan fingerprint density at radius 3 is 2.41 bits per heavy atom. The third kappa shape index (κ3) is 3.97. The Bertz CT molecular complexity index is 786. The minimum absolute atomic E-state index is 0.101. The first-order valence-electron chi connectivity index (χ1n) is 9.35. The largest absolute Gasteiger partial charge is 0.496 e. The zero-order chi connectivity index (χ0) is 19.4. The molecule has 0 aromatic heterocycles. The van der Waals surface area contributed by atoms with E-state index in [-0.39, 0.29) is 17.5 Å². The maximum absolute atomic E-state index is 13.2. The summed E-state index contributed by atoms with van der Waals surface area (Å²) in [6, 6.07) is 15.2. The van der Waals surface area contributed by atoms with Crippen molar-refractivity contribution in [2.75, 3.05) is 21.2 Å². The molecule has 1 unspecified atom stereocenters. The van der Waals surface area contributed by atoms with Gasteiger partial charge in [-0.25, -0.2) is 0 Å². The van der Waals surface area contributed by atoms with E-state index in [0.717, 1.165) is 18.4 Å². The number of methoxy groups -OCH3 is 1. The molecule has 0 saturated heterocycles. The van der Waals surface area contributed by atoms with E-state index in [2.05, 4.69) is 36.4 Å². The fourth-order valence-electron chi connectivity index (χ4n) is 4.22. The van der Waals surface area contributed by atoms with Crippen molar-refractivity contribution < 1.29 is 9.53 Å². The summed E-state index contributed by atoms with van der Waals surface area (Å²) in [6.07, 6.45) is 4.44. The molecule has 1 amide bonds. The van der Waals surface area contributed by atoms with Gasteiger partial charge in [-0.1, -0.05) is 54.8 Å². The molecule has 1 atom stereocenters. The number of ether oxygens (including phenoxy) is 1. The third-order valence-electron chi connectivity index (χ3n) is 5.71. The minimum Gasteiger partial charge on any atom is -0.496 e. The molecule has 2 aromatic rings. The number of hydrogen-bond acceptors (Lipinski definition) is 3. The summed E-state index contributed by atoms with van der Waals surface area (Å²) >= 11 is 6.05. The van der Waals surface area contributed by atoms with Crippen LogP contribution in [-0.4, -0.2) is 37.6 Å². The van der Waals surface area contributed by atoms with Gasteiger partial charge in [0.15, 0.2) is 0 Å². The van der Waals surface area contributed by atoms with Crippen molar-refractivity contribution in [3.63, 3.8) is 0 Å². The number of nitrogens with zero attached hydrogens (tertiary/aromatic N) is 1. The molecule has 0 bridgehead atoms. The van der Waals surface area contributed by atoms with Gasteiger partial charge in [0.05, 0.1) is 18.7 Å². The third-order valence-corrected chi connectivity index (χ3v) is 5.95. The second-order valence-electron chi connectivity index (χ2n) is 7.37. The van der Waals surface area contributed by atoms with E-state index in [9.17, 15) is 4.79 Å². The van der Waals surface area contributed by atoms with E-state index in [1.54, 1.807) is 25.3 Å². The van der Waals surface area contributed by atoms with Crippen LogP contribution in [0.4, 0.5) is 0 Å². The lowest BCUT2D eigenvalue weighted by Crippen LogP contribution is -2.53. The SMILES string of the molecule is COc1cc(Cl)ccc1C(=O)NC(c1ccccc1)C1(N(C)C)CCCC1. The minimum atomic E-state index is -0.148. The van der Waals surface area contributed by atoms with Crippen molar-refractivity contribution in [2.24, 2.45) is 0 Å². The molecule has 3 rings (SSSR count). The molecule has 0 aliphatic heterocycles. The van der Waals surface area contributed by atoms with Gasteiger partial charge in [-0.2, -0.15) is 0 Å². The highest BCUT2D eigenvalue weighted by Gasteiger charge is 2.44. The van der Waals surface area contributed by atoms with Crippen LogP contribution >= 0.6 is 11.6 Å². The number of nitrogens with one attached hydrogen (secondary N) is 1. The fourth-order valence-corrected chi connectivity index (χ4v) is 4.38. The van der Waals surface area contributed by atoms with Gasteiger partial charge in [0.2, 0.25) is 0 Å². The van der Waals surface area contributed by atoms with Gasteiger partial charge in [0.25, 0.3) is 5.91 Å². The Labute approximate surface area is 166 Å². The maximum atomic E-state index is 13.2. The van der Waals surface area contributed by atoms with E-state index in [1.165, 1.54) is 12.8 Å². The van der Waals surface area contributed by atoms with Crippen molar-refractivity contribution in [3.05, 3.63) is 64.7 Å². The van der Waals surface area contributed by atoms with Gasteiger partial charge in [-0.3, -0.25) is 4.79 Å². The van der Waals surface area contributed by atoms with Crippen LogP contribution in [-0.2, 0) is 0 Å². The van der Waals surface area contributed by atoms with E-state index < -0.39 is 0 Å². The molecule has 0 radical (unpaired) electrons. The van der Waals surface area contributed by atoms with Gasteiger partial charge in [-0.15, -0.1) is 0 Å². The maximum Gasteiger partial charge on any atom is 0.255 e. The lowest BCUT2D eigenvalue weighted by atomic mass is 9.82. The Balaban J connectivity index is 1.98. The number of benzene rings is 2. The van der Waals surface area contributed by atoms with Gasteiger partial charge in [0, 0.05) is 10.6 Å². The van der Waals surface area contributed by atoms with E-state index in [0.29, 0.717) is 16.3 Å². The quantitative estimate of drug-likeness (QED) is 0.782. The zero-order valence-electron chi connectivity index (χ0n) is 16.2. The number of hydrogen-bond donors (Lipinski definition) is 1. The predicted molar refractivity (Wildman–Crippen MR) is 110 cm³/mol. The molecule has 4 nitrogen and oxygen atoms in total. The predicted octanol–water partition coefficient (Wildman–Crippen LogP) is 4.69. The molecule has 1 aliphatic carbocycles. The van der Waals surface area contributed by atoms with Crippen LogP contribution in [0.3, 0.4) is 0 Å². The molecule has 27 heavy (non-hydrogen) atoms. The Hall–Kier alpha value is -2.04. The van der Waals surface area contributed by atoms with E-state index >= 15 is 0 Å². The van der Waals surface area contributed by atoms with Crippen molar-refractivity contribution >= 4 is 17.5 Å². The van der Waals surface area contributed by atoms with Crippen molar-refractivity contribution in [1.29, 1.82) is 0 Å². The molecule has 2 aromatic carbocycles. The average molecular weight is 387 g/mol. The molecule has 144 valence electrons. The summed E-state index contributed by atoms with van der Waals surface area (Å²) in [6.45, 7) is 0. The first-order chi connectivity index (χ1) is 13.0. The normalized spacial score (nSPS) is 16.9. The molecule has 1 saturated carbocycles. The monoisotopic (exact) mass is 386 g/mol. The average Bonchev–Trinajstić information content (AvgIpc) is 3.17. The summed E-state index contributed by atoms with van der Waals surface area (Å²) in [5.41, 5.74) is 1.51. The lowest BCUT2D eigenvalue weighted by Gasteiger charge is -2.44. The molecule has 0 heterocycles. The summed E-state index contributed by atoms with van der Waals surface area (Å²) < 4.78 is 5.38. The summed E-state index contributed by atoms with van der Waals surface area (Å²) in [5.74, 6) is 0.336. The Kier molecular flexibility index (Phi) is 6.08. The number of halogens is 1. The number of rotatable bonds is 6. The van der Waals surface area contributed by atoms with Crippen LogP contribution in [0.5, 0.6) is 5.75 Å². The molecular weight excluding hydrogens is 360 g/mol. The first-order valence-corrected chi connectivity index (χ1v) is 9.72. The van der Waals surface area contributed by atoms with E-state index in [4.69, 9.17) is 16.3 Å². The van der Waals surface area contributed by atoms with Crippen LogP contribution in [0.25, 0.3) is 0 Å². The second-order valence-corrected chi connectivity index (χ2v) is 7.80. The van der Waals surface area contributed by atoms with Crippen LogP contribution < -0.4 is 10.1 Å². The molecule has 0 spiro atoms. The van der Waals surface area contributed by atoms with Gasteiger partial charge in [0.1, 0.15) is 5.75 Å². The Morgan fingerprint density at radius 1 is 1.15 bits per heavy atom. The van der Waals surface area contributed by atoms with Gasteiger partial charge >= 0.3 is 0 Å². The summed E-state index contributed by atoms with van der Waals surface area (Å²) in [7, 11) is 5.77. The number of carbonyl (C=O) groups excluding carboxylic acids is 1. The number of carbonyl (C=O) groups is 1. The Morgan fingerprint density at radius 2 is 1.81 bits per heavy atom. The lowest BCUT2D eigenvalue weighted by molar-refractivity contribution is 0.0764. The molecule has 5 heteroatoms. The summed E-state index contributed by atoms with van der Waals surface area (Å²) in [4.78, 5) is 15.5. The second kappa shape index (κ2) is 8.32. The number of amides is 1. The van der Waals surface area contributed by atoms with Gasteiger partial charge < -0.3 is 15.0 Å².